The number of nitrogens with zero attached hydrogens (tertiary/aromatic N) is 3. The minimum atomic E-state index is 0.628. The van der Waals surface area contributed by atoms with Crippen molar-refractivity contribution in [2.45, 2.75) is 6.54 Å². The Hall–Kier alpha value is -1.72. The highest BCUT2D eigenvalue weighted by Gasteiger charge is 2.14. The molecule has 0 radical (unpaired) electrons. The predicted octanol–water partition coefficient (Wildman–Crippen LogP) is 4.23. The molecule has 2 heterocycles. The molecule has 1 fully saturated rings. The fraction of sp³-hybridized carbons (Fsp3) is 0.294. The maximum atomic E-state index is 6.31. The van der Waals surface area contributed by atoms with E-state index in [0.717, 1.165) is 47.4 Å². The Morgan fingerprint density at radius 1 is 1.30 bits per heavy atom. The number of para-hydroxylation sites is 2. The fourth-order valence-electron chi connectivity index (χ4n) is 2.52. The van der Waals surface area contributed by atoms with Gasteiger partial charge in [0, 0.05) is 37.3 Å². The van der Waals surface area contributed by atoms with Crippen LogP contribution in [0.4, 0.5) is 17.2 Å². The van der Waals surface area contributed by atoms with E-state index >= 15 is 0 Å². The van der Waals surface area contributed by atoms with Crippen LogP contribution in [0, 0.1) is 0 Å². The lowest BCUT2D eigenvalue weighted by molar-refractivity contribution is 0.837. The Balaban J connectivity index is 1.75. The minimum Gasteiger partial charge on any atom is -0.379 e. The highest BCUT2D eigenvalue weighted by Crippen LogP contribution is 2.27. The molecule has 0 unspecified atom stereocenters. The van der Waals surface area contributed by atoms with Crippen molar-refractivity contribution in [1.29, 1.82) is 0 Å². The van der Waals surface area contributed by atoms with Crippen molar-refractivity contribution in [3.05, 3.63) is 47.1 Å². The molecule has 23 heavy (non-hydrogen) atoms. The lowest BCUT2D eigenvalue weighted by Crippen LogP contribution is -2.33. The summed E-state index contributed by atoms with van der Waals surface area (Å²) in [6.07, 6.45) is 1.74. The van der Waals surface area contributed by atoms with Gasteiger partial charge < -0.3 is 10.2 Å². The zero-order valence-electron chi connectivity index (χ0n) is 12.8. The summed E-state index contributed by atoms with van der Waals surface area (Å²) >= 11 is 8.30. The lowest BCUT2D eigenvalue weighted by atomic mass is 10.2. The van der Waals surface area contributed by atoms with Gasteiger partial charge in [-0.25, -0.2) is 4.98 Å². The largest absolute Gasteiger partial charge is 0.379 e. The van der Waals surface area contributed by atoms with Crippen LogP contribution in [0.15, 0.2) is 41.5 Å². The molecule has 0 spiro atoms. The van der Waals surface area contributed by atoms with E-state index < -0.39 is 0 Å². The zero-order valence-corrected chi connectivity index (χ0v) is 14.4. The van der Waals surface area contributed by atoms with E-state index in [2.05, 4.69) is 33.0 Å². The number of hydrogen-bond donors (Lipinski definition) is 1. The Labute approximate surface area is 146 Å². The summed E-state index contributed by atoms with van der Waals surface area (Å²) in [4.78, 5) is 10.8. The molecule has 3 rings (SSSR count). The van der Waals surface area contributed by atoms with Gasteiger partial charge in [-0.3, -0.25) is 4.99 Å². The first-order chi connectivity index (χ1) is 11.3. The van der Waals surface area contributed by atoms with Crippen LogP contribution >= 0.6 is 23.4 Å². The molecule has 0 bridgehead atoms. The van der Waals surface area contributed by atoms with Crippen LogP contribution in [0.25, 0.3) is 0 Å². The van der Waals surface area contributed by atoms with Gasteiger partial charge in [0.05, 0.1) is 16.4 Å². The number of hydrogen-bond acceptors (Lipinski definition) is 5. The second kappa shape index (κ2) is 7.70. The lowest BCUT2D eigenvalue weighted by Gasteiger charge is -2.27. The molecule has 0 saturated carbocycles. The van der Waals surface area contributed by atoms with Gasteiger partial charge in [0.2, 0.25) is 0 Å². The maximum absolute atomic E-state index is 6.31. The van der Waals surface area contributed by atoms with E-state index in [0.29, 0.717) is 11.6 Å². The van der Waals surface area contributed by atoms with Gasteiger partial charge in [0.15, 0.2) is 0 Å². The third-order valence-corrected chi connectivity index (χ3v) is 5.08. The number of benzene rings is 1. The Kier molecular flexibility index (Phi) is 5.41. The molecule has 2 aromatic rings. The quantitative estimate of drug-likeness (QED) is 0.822. The highest BCUT2D eigenvalue weighted by atomic mass is 35.5. The third kappa shape index (κ3) is 3.98. The molecular weight excluding hydrogens is 328 g/mol. The molecule has 1 aliphatic heterocycles. The zero-order chi connectivity index (χ0) is 16.1. The summed E-state index contributed by atoms with van der Waals surface area (Å²) in [5.74, 6) is 3.30. The van der Waals surface area contributed by atoms with Crippen LogP contribution in [0.1, 0.15) is 5.56 Å². The number of aliphatic imine (C=N–C) groups is 1. The molecule has 4 nitrogen and oxygen atoms in total. The van der Waals surface area contributed by atoms with E-state index in [1.807, 2.05) is 36.0 Å². The summed E-state index contributed by atoms with van der Waals surface area (Å²) in [5, 5.41) is 4.06. The summed E-state index contributed by atoms with van der Waals surface area (Å²) in [5.41, 5.74) is 2.83. The average molecular weight is 347 g/mol. The number of nitrogens with one attached hydrogen (secondary N) is 1. The SMILES string of the molecule is C=Nc1ccccc1NCc1cc(N2CCSCC2)ncc1Cl. The monoisotopic (exact) mass is 346 g/mol. The first kappa shape index (κ1) is 16.1. The van der Waals surface area contributed by atoms with Crippen LogP contribution in [0.5, 0.6) is 0 Å². The second-order valence-electron chi connectivity index (χ2n) is 5.26. The molecule has 0 amide bonds. The van der Waals surface area contributed by atoms with Gasteiger partial charge in [0.25, 0.3) is 0 Å². The van der Waals surface area contributed by atoms with Gasteiger partial charge in [-0.05, 0) is 30.5 Å². The van der Waals surface area contributed by atoms with Crippen LogP contribution < -0.4 is 10.2 Å². The molecule has 1 N–H and O–H groups in total. The smallest absolute Gasteiger partial charge is 0.128 e. The summed E-state index contributed by atoms with van der Waals surface area (Å²) < 4.78 is 0. The number of thioether (sulfide) groups is 1. The number of rotatable bonds is 5. The summed E-state index contributed by atoms with van der Waals surface area (Å²) in [6.45, 7) is 6.31. The van der Waals surface area contributed by atoms with Crippen LogP contribution in [0.2, 0.25) is 5.02 Å². The minimum absolute atomic E-state index is 0.628. The number of halogens is 1. The third-order valence-electron chi connectivity index (χ3n) is 3.80. The van der Waals surface area contributed by atoms with E-state index in [4.69, 9.17) is 11.6 Å². The summed E-state index contributed by atoms with van der Waals surface area (Å²) in [6, 6.07) is 9.92. The number of pyridine rings is 1. The van der Waals surface area contributed by atoms with E-state index in [9.17, 15) is 0 Å². The normalized spacial score (nSPS) is 14.6. The van der Waals surface area contributed by atoms with Gasteiger partial charge in [-0.15, -0.1) is 0 Å². The average Bonchev–Trinajstić information content (AvgIpc) is 2.62. The molecule has 0 aliphatic carbocycles. The summed E-state index contributed by atoms with van der Waals surface area (Å²) in [7, 11) is 0. The van der Waals surface area contributed by atoms with Crippen LogP contribution in [-0.4, -0.2) is 36.3 Å². The van der Waals surface area contributed by atoms with Crippen molar-refractivity contribution < 1.29 is 0 Å². The van der Waals surface area contributed by atoms with Gasteiger partial charge >= 0.3 is 0 Å². The van der Waals surface area contributed by atoms with E-state index in [1.54, 1.807) is 6.20 Å². The second-order valence-corrected chi connectivity index (χ2v) is 6.89. The van der Waals surface area contributed by atoms with Crippen molar-refractivity contribution in [2.75, 3.05) is 34.8 Å². The molecule has 1 aromatic heterocycles. The molecule has 1 aromatic carbocycles. The van der Waals surface area contributed by atoms with Crippen molar-refractivity contribution in [3.63, 3.8) is 0 Å². The standard InChI is InChI=1S/C17H19ClN4S/c1-19-15-4-2-3-5-16(15)20-11-13-10-17(21-12-14(13)18)22-6-8-23-9-7-22/h2-5,10,12,20H,1,6-9,11H2. The van der Waals surface area contributed by atoms with Crippen molar-refractivity contribution in [2.24, 2.45) is 4.99 Å². The van der Waals surface area contributed by atoms with Crippen molar-refractivity contribution >= 4 is 47.3 Å². The van der Waals surface area contributed by atoms with Crippen LogP contribution in [0.3, 0.4) is 0 Å². The molecule has 0 atom stereocenters. The Morgan fingerprint density at radius 2 is 2.09 bits per heavy atom. The predicted molar refractivity (Wildman–Crippen MR) is 102 cm³/mol. The van der Waals surface area contributed by atoms with Crippen LogP contribution in [-0.2, 0) is 6.54 Å². The molecule has 1 saturated heterocycles. The molecule has 120 valence electrons. The van der Waals surface area contributed by atoms with Gasteiger partial charge in [0.1, 0.15) is 5.82 Å². The van der Waals surface area contributed by atoms with Gasteiger partial charge in [-0.2, -0.15) is 11.8 Å². The highest BCUT2D eigenvalue weighted by molar-refractivity contribution is 7.99. The maximum Gasteiger partial charge on any atom is 0.128 e. The van der Waals surface area contributed by atoms with Crippen molar-refractivity contribution in [1.82, 2.24) is 4.98 Å². The topological polar surface area (TPSA) is 40.5 Å². The molecule has 1 aliphatic rings. The number of aromatic nitrogens is 1. The van der Waals surface area contributed by atoms with Crippen molar-refractivity contribution in [3.8, 4) is 0 Å². The first-order valence-corrected chi connectivity index (χ1v) is 9.08. The first-order valence-electron chi connectivity index (χ1n) is 7.54. The molecular formula is C17H19ClN4S. The Morgan fingerprint density at radius 3 is 2.87 bits per heavy atom. The van der Waals surface area contributed by atoms with E-state index in [-0.39, 0.29) is 0 Å². The fourth-order valence-corrected chi connectivity index (χ4v) is 3.59. The number of anilines is 2. The Bertz CT molecular complexity index is 686. The molecule has 6 heteroatoms. The van der Waals surface area contributed by atoms with Gasteiger partial charge in [-0.1, -0.05) is 23.7 Å². The van der Waals surface area contributed by atoms with E-state index in [1.165, 1.54) is 0 Å².